The minimum absolute atomic E-state index is 0.0382. The first-order valence-electron chi connectivity index (χ1n) is 10.8. The number of hydrogen-bond acceptors (Lipinski definition) is 0. The van der Waals surface area contributed by atoms with Crippen LogP contribution in [0.2, 0.25) is 0 Å². The molecular formula is C27H33P. The van der Waals surface area contributed by atoms with Gasteiger partial charge in [0.05, 0.1) is 5.16 Å². The third-order valence-corrected chi connectivity index (χ3v) is 9.05. The zero-order valence-corrected chi connectivity index (χ0v) is 18.2. The topological polar surface area (TPSA) is 0 Å². The van der Waals surface area contributed by atoms with E-state index in [1.165, 1.54) is 54.7 Å². The Bertz CT molecular complexity index is 691. The number of unbranched alkanes of at least 4 members (excludes halogenated alkanes) is 2. The van der Waals surface area contributed by atoms with Gasteiger partial charge in [0.1, 0.15) is 0 Å². The van der Waals surface area contributed by atoms with E-state index in [2.05, 4.69) is 105 Å². The summed E-state index contributed by atoms with van der Waals surface area (Å²) < 4.78 is 0. The Morgan fingerprint density at radius 1 is 0.536 bits per heavy atom. The van der Waals surface area contributed by atoms with Gasteiger partial charge in [0.25, 0.3) is 0 Å². The van der Waals surface area contributed by atoms with Gasteiger partial charge in [-0.2, -0.15) is 0 Å². The van der Waals surface area contributed by atoms with Gasteiger partial charge in [-0.1, -0.05) is 126 Å². The molecule has 0 spiro atoms. The molecule has 3 aromatic carbocycles. The fourth-order valence-electron chi connectivity index (χ4n) is 4.23. The summed E-state index contributed by atoms with van der Waals surface area (Å²) in [6.45, 7) is 4.64. The Kier molecular flexibility index (Phi) is 7.87. The second kappa shape index (κ2) is 10.6. The molecule has 1 heteroatoms. The maximum absolute atomic E-state index is 2.35. The minimum atomic E-state index is -0.249. The second-order valence-corrected chi connectivity index (χ2v) is 10.1. The molecule has 0 nitrogen and oxygen atoms in total. The summed E-state index contributed by atoms with van der Waals surface area (Å²) in [5.74, 6) is 0. The summed E-state index contributed by atoms with van der Waals surface area (Å²) in [6.07, 6.45) is 7.79. The predicted molar refractivity (Wildman–Crippen MR) is 126 cm³/mol. The molecular weight excluding hydrogens is 355 g/mol. The lowest BCUT2D eigenvalue weighted by Gasteiger charge is -2.43. The highest BCUT2D eigenvalue weighted by Crippen LogP contribution is 2.63. The normalized spacial score (nSPS) is 11.7. The summed E-state index contributed by atoms with van der Waals surface area (Å²) in [7, 11) is -0.249. The zero-order valence-electron chi connectivity index (χ0n) is 17.4. The first-order chi connectivity index (χ1) is 13.8. The SMILES string of the molecule is CCCCP(CCCC)C(c1ccccc1)(c1ccccc1)c1ccccc1. The number of benzene rings is 3. The standard InChI is InChI=1S/C27H33P/c1-3-5-22-28(23-6-4-2)27(24-16-10-7-11-17-24,25-18-12-8-13-19-25)26-20-14-9-15-21-26/h7-21H,3-6,22-23H2,1-2H3. The molecule has 0 aliphatic rings. The van der Waals surface area contributed by atoms with Crippen molar-refractivity contribution in [3.8, 4) is 0 Å². The van der Waals surface area contributed by atoms with Crippen molar-refractivity contribution in [1.29, 1.82) is 0 Å². The van der Waals surface area contributed by atoms with Crippen molar-refractivity contribution >= 4 is 7.92 Å². The third kappa shape index (κ3) is 4.39. The lowest BCUT2D eigenvalue weighted by Crippen LogP contribution is -2.29. The molecule has 0 aromatic heterocycles. The lowest BCUT2D eigenvalue weighted by atomic mass is 9.84. The summed E-state index contributed by atoms with van der Waals surface area (Å²) in [4.78, 5) is 0. The van der Waals surface area contributed by atoms with Crippen molar-refractivity contribution in [2.24, 2.45) is 0 Å². The van der Waals surface area contributed by atoms with Gasteiger partial charge in [-0.25, -0.2) is 0 Å². The summed E-state index contributed by atoms with van der Waals surface area (Å²) in [5.41, 5.74) is 4.35. The Morgan fingerprint density at radius 2 is 0.857 bits per heavy atom. The molecule has 0 fully saturated rings. The Morgan fingerprint density at radius 3 is 1.14 bits per heavy atom. The summed E-state index contributed by atoms with van der Waals surface area (Å²) in [6, 6.07) is 33.8. The Labute approximate surface area is 172 Å². The van der Waals surface area contributed by atoms with Gasteiger partial charge in [0.2, 0.25) is 0 Å². The van der Waals surface area contributed by atoms with Crippen LogP contribution in [0.5, 0.6) is 0 Å². The molecule has 0 N–H and O–H groups in total. The van der Waals surface area contributed by atoms with E-state index in [4.69, 9.17) is 0 Å². The fraction of sp³-hybridized carbons (Fsp3) is 0.333. The quantitative estimate of drug-likeness (QED) is 0.243. The highest BCUT2D eigenvalue weighted by molar-refractivity contribution is 7.59. The van der Waals surface area contributed by atoms with E-state index in [9.17, 15) is 0 Å². The van der Waals surface area contributed by atoms with Crippen LogP contribution in [0, 0.1) is 0 Å². The van der Waals surface area contributed by atoms with Crippen molar-refractivity contribution < 1.29 is 0 Å². The van der Waals surface area contributed by atoms with Gasteiger partial charge in [0, 0.05) is 0 Å². The highest BCUT2D eigenvalue weighted by atomic mass is 31.1. The number of rotatable bonds is 10. The highest BCUT2D eigenvalue weighted by Gasteiger charge is 2.42. The van der Waals surface area contributed by atoms with E-state index >= 15 is 0 Å². The van der Waals surface area contributed by atoms with Crippen LogP contribution in [0.25, 0.3) is 0 Å². The maximum atomic E-state index is 2.35. The molecule has 146 valence electrons. The molecule has 0 atom stereocenters. The van der Waals surface area contributed by atoms with Gasteiger partial charge in [-0.05, 0) is 41.9 Å². The van der Waals surface area contributed by atoms with E-state index in [-0.39, 0.29) is 13.1 Å². The van der Waals surface area contributed by atoms with Gasteiger partial charge in [0.15, 0.2) is 0 Å². The fourth-order valence-corrected chi connectivity index (χ4v) is 8.06. The Balaban J connectivity index is 2.28. The van der Waals surface area contributed by atoms with E-state index in [1.54, 1.807) is 0 Å². The average molecular weight is 389 g/mol. The molecule has 0 radical (unpaired) electrons. The van der Waals surface area contributed by atoms with Crippen LogP contribution < -0.4 is 0 Å². The van der Waals surface area contributed by atoms with E-state index < -0.39 is 0 Å². The van der Waals surface area contributed by atoms with Crippen LogP contribution in [0.1, 0.15) is 56.2 Å². The van der Waals surface area contributed by atoms with Crippen molar-refractivity contribution in [3.05, 3.63) is 108 Å². The average Bonchev–Trinajstić information content (AvgIpc) is 2.78. The molecule has 0 heterocycles. The van der Waals surface area contributed by atoms with Crippen molar-refractivity contribution in [3.63, 3.8) is 0 Å². The first kappa shape index (κ1) is 20.8. The molecule has 0 bridgehead atoms. The first-order valence-corrected chi connectivity index (χ1v) is 12.5. The zero-order chi connectivity index (χ0) is 19.7. The molecule has 0 aliphatic carbocycles. The molecule has 0 aliphatic heterocycles. The largest absolute Gasteiger partial charge is 0.0863 e. The van der Waals surface area contributed by atoms with Crippen LogP contribution in [-0.2, 0) is 5.16 Å². The molecule has 0 saturated heterocycles. The molecule has 0 amide bonds. The maximum Gasteiger partial charge on any atom is 0.0648 e. The van der Waals surface area contributed by atoms with Crippen molar-refractivity contribution in [2.45, 2.75) is 44.7 Å². The lowest BCUT2D eigenvalue weighted by molar-refractivity contribution is 0.815. The summed E-state index contributed by atoms with van der Waals surface area (Å²) >= 11 is 0. The van der Waals surface area contributed by atoms with Crippen molar-refractivity contribution in [2.75, 3.05) is 12.3 Å². The van der Waals surface area contributed by atoms with Gasteiger partial charge in [-0.3, -0.25) is 0 Å². The Hall–Kier alpha value is -1.91. The van der Waals surface area contributed by atoms with Crippen LogP contribution in [-0.4, -0.2) is 12.3 Å². The van der Waals surface area contributed by atoms with Crippen LogP contribution >= 0.6 is 7.92 Å². The molecule has 3 aromatic rings. The van der Waals surface area contributed by atoms with E-state index in [0.29, 0.717) is 0 Å². The second-order valence-electron chi connectivity index (χ2n) is 7.50. The summed E-state index contributed by atoms with van der Waals surface area (Å²) in [5, 5.41) is -0.0382. The third-order valence-electron chi connectivity index (χ3n) is 5.61. The number of hydrogen-bond donors (Lipinski definition) is 0. The van der Waals surface area contributed by atoms with E-state index in [1.807, 2.05) is 0 Å². The van der Waals surface area contributed by atoms with Crippen LogP contribution in [0.3, 0.4) is 0 Å². The predicted octanol–water partition coefficient (Wildman–Crippen LogP) is 8.06. The van der Waals surface area contributed by atoms with Gasteiger partial charge >= 0.3 is 0 Å². The minimum Gasteiger partial charge on any atom is -0.0863 e. The smallest absolute Gasteiger partial charge is 0.0648 e. The van der Waals surface area contributed by atoms with Gasteiger partial charge < -0.3 is 0 Å². The van der Waals surface area contributed by atoms with Crippen molar-refractivity contribution in [1.82, 2.24) is 0 Å². The molecule has 0 unspecified atom stereocenters. The molecule has 0 saturated carbocycles. The van der Waals surface area contributed by atoms with Crippen LogP contribution in [0.4, 0.5) is 0 Å². The van der Waals surface area contributed by atoms with E-state index in [0.717, 1.165) is 0 Å². The van der Waals surface area contributed by atoms with Gasteiger partial charge in [-0.15, -0.1) is 0 Å². The molecule has 3 rings (SSSR count). The van der Waals surface area contributed by atoms with Crippen LogP contribution in [0.15, 0.2) is 91.0 Å². The molecule has 28 heavy (non-hydrogen) atoms. The monoisotopic (exact) mass is 388 g/mol.